The van der Waals surface area contributed by atoms with Gasteiger partial charge < -0.3 is 14.0 Å². The smallest absolute Gasteiger partial charge is 0.367 e. The number of esters is 2. The third kappa shape index (κ3) is 5.30. The molecule has 0 saturated heterocycles. The van der Waals surface area contributed by atoms with Crippen LogP contribution in [0.15, 0.2) is 12.2 Å². The summed E-state index contributed by atoms with van der Waals surface area (Å²) in [7, 11) is -5.94. The highest BCUT2D eigenvalue weighted by molar-refractivity contribution is 7.86. The van der Waals surface area contributed by atoms with Gasteiger partial charge in [-0.2, -0.15) is 8.78 Å². The Morgan fingerprint density at radius 3 is 2.26 bits per heavy atom. The molecule has 0 aromatic carbocycles. The van der Waals surface area contributed by atoms with Crippen LogP contribution in [0.4, 0.5) is 8.78 Å². The number of hydrogen-bond acceptors (Lipinski definition) is 7. The Hall–Kier alpha value is -1.55. The second-order valence-electron chi connectivity index (χ2n) is 3.53. The van der Waals surface area contributed by atoms with Gasteiger partial charge >= 0.3 is 17.2 Å². The van der Waals surface area contributed by atoms with Crippen molar-refractivity contribution in [2.45, 2.75) is 25.2 Å². The van der Waals surface area contributed by atoms with Gasteiger partial charge in [0, 0.05) is 5.57 Å². The SMILES string of the molecule is C=C(C)C(=O)OC(C)C(=O)OCC(F)(F)S(=O)(=O)[O-]. The zero-order valence-electron chi connectivity index (χ0n) is 10.0. The van der Waals surface area contributed by atoms with Crippen LogP contribution in [0.3, 0.4) is 0 Å². The monoisotopic (exact) mass is 301 g/mol. The van der Waals surface area contributed by atoms with Crippen molar-refractivity contribution >= 4 is 22.1 Å². The lowest BCUT2D eigenvalue weighted by atomic mass is 10.3. The average molecular weight is 301 g/mol. The first-order valence-electron chi connectivity index (χ1n) is 4.75. The van der Waals surface area contributed by atoms with E-state index in [0.717, 1.165) is 6.92 Å². The van der Waals surface area contributed by atoms with E-state index in [1.165, 1.54) is 6.92 Å². The highest BCUT2D eigenvalue weighted by Crippen LogP contribution is 2.20. The Morgan fingerprint density at radius 2 is 1.89 bits per heavy atom. The van der Waals surface area contributed by atoms with Crippen LogP contribution in [0, 0.1) is 0 Å². The molecule has 1 atom stereocenters. The summed E-state index contributed by atoms with van der Waals surface area (Å²) < 4.78 is 64.0. The van der Waals surface area contributed by atoms with Crippen LogP contribution < -0.4 is 0 Å². The molecule has 0 radical (unpaired) electrons. The highest BCUT2D eigenvalue weighted by atomic mass is 32.2. The molecule has 110 valence electrons. The first-order chi connectivity index (χ1) is 8.38. The van der Waals surface area contributed by atoms with Crippen molar-refractivity contribution in [2.24, 2.45) is 0 Å². The minimum Gasteiger partial charge on any atom is -0.743 e. The fraction of sp³-hybridized carbons (Fsp3) is 0.556. The molecule has 0 N–H and O–H groups in total. The molecule has 19 heavy (non-hydrogen) atoms. The van der Waals surface area contributed by atoms with Crippen LogP contribution in [-0.2, 0) is 29.2 Å². The second-order valence-corrected chi connectivity index (χ2v) is 5.03. The van der Waals surface area contributed by atoms with E-state index in [4.69, 9.17) is 0 Å². The van der Waals surface area contributed by atoms with Crippen LogP contribution >= 0.6 is 0 Å². The number of carbonyl (C=O) groups excluding carboxylic acids is 2. The van der Waals surface area contributed by atoms with Crippen molar-refractivity contribution in [3.8, 4) is 0 Å². The number of hydrogen-bond donors (Lipinski definition) is 0. The quantitative estimate of drug-likeness (QED) is 0.391. The topological polar surface area (TPSA) is 110 Å². The molecular weight excluding hydrogens is 290 g/mol. The number of carbonyl (C=O) groups is 2. The Balaban J connectivity index is 4.49. The van der Waals surface area contributed by atoms with Crippen molar-refractivity contribution in [1.82, 2.24) is 0 Å². The number of ether oxygens (including phenoxy) is 2. The second kappa shape index (κ2) is 6.06. The maximum Gasteiger partial charge on any atom is 0.367 e. The zero-order valence-corrected chi connectivity index (χ0v) is 10.8. The first-order valence-corrected chi connectivity index (χ1v) is 6.15. The molecule has 0 aliphatic rings. The van der Waals surface area contributed by atoms with Crippen molar-refractivity contribution in [3.63, 3.8) is 0 Å². The fourth-order valence-corrected chi connectivity index (χ4v) is 0.857. The third-order valence-corrected chi connectivity index (χ3v) is 2.56. The lowest BCUT2D eigenvalue weighted by molar-refractivity contribution is -0.168. The largest absolute Gasteiger partial charge is 0.743 e. The predicted octanol–water partition coefficient (Wildman–Crippen LogP) is 0.175. The molecule has 0 aromatic rings. The van der Waals surface area contributed by atoms with E-state index in [0.29, 0.717) is 0 Å². The minimum absolute atomic E-state index is 0.0351. The van der Waals surface area contributed by atoms with Crippen LogP contribution in [0.5, 0.6) is 0 Å². The molecule has 0 saturated carbocycles. The maximum atomic E-state index is 12.6. The van der Waals surface area contributed by atoms with Crippen molar-refractivity contribution in [1.29, 1.82) is 0 Å². The summed E-state index contributed by atoms with van der Waals surface area (Å²) in [5, 5.41) is -4.75. The van der Waals surface area contributed by atoms with Gasteiger partial charge in [0.2, 0.25) is 0 Å². The van der Waals surface area contributed by atoms with Gasteiger partial charge in [0.15, 0.2) is 22.8 Å². The summed E-state index contributed by atoms with van der Waals surface area (Å²) in [4.78, 5) is 22.1. The van der Waals surface area contributed by atoms with E-state index >= 15 is 0 Å². The highest BCUT2D eigenvalue weighted by Gasteiger charge is 2.40. The molecule has 0 fully saturated rings. The van der Waals surface area contributed by atoms with E-state index < -0.39 is 40.0 Å². The van der Waals surface area contributed by atoms with Crippen LogP contribution in [0.1, 0.15) is 13.8 Å². The summed E-state index contributed by atoms with van der Waals surface area (Å²) in [6.07, 6.45) is -1.55. The van der Waals surface area contributed by atoms with Crippen molar-refractivity contribution < 1.29 is 40.8 Å². The predicted molar refractivity (Wildman–Crippen MR) is 56.0 cm³/mol. The van der Waals surface area contributed by atoms with Gasteiger partial charge in [-0.05, 0) is 13.8 Å². The zero-order chi connectivity index (χ0) is 15.4. The third-order valence-electron chi connectivity index (χ3n) is 1.71. The number of rotatable bonds is 6. The maximum absolute atomic E-state index is 12.6. The van der Waals surface area contributed by atoms with Crippen LogP contribution in [0.25, 0.3) is 0 Å². The normalized spacial score (nSPS) is 13.5. The molecule has 0 amide bonds. The summed E-state index contributed by atoms with van der Waals surface area (Å²) in [5.74, 6) is -2.37. The van der Waals surface area contributed by atoms with Crippen LogP contribution in [0.2, 0.25) is 0 Å². The minimum atomic E-state index is -5.94. The Morgan fingerprint density at radius 1 is 1.42 bits per heavy atom. The first kappa shape index (κ1) is 17.4. The Labute approximate surface area is 107 Å². The number of halogens is 2. The Kier molecular flexibility index (Phi) is 5.57. The summed E-state index contributed by atoms with van der Waals surface area (Å²) in [6.45, 7) is 3.58. The van der Waals surface area contributed by atoms with Gasteiger partial charge in [0.05, 0.1) is 0 Å². The lowest BCUT2D eigenvalue weighted by Crippen LogP contribution is -2.37. The van der Waals surface area contributed by atoms with E-state index in [2.05, 4.69) is 16.1 Å². The molecule has 0 aliphatic carbocycles. The molecule has 0 bridgehead atoms. The molecule has 1 unspecified atom stereocenters. The van der Waals surface area contributed by atoms with E-state index in [9.17, 15) is 31.3 Å². The molecule has 0 aliphatic heterocycles. The molecular formula is C9H11F2O7S-. The average Bonchev–Trinajstić information content (AvgIpc) is 2.23. The number of alkyl halides is 2. The molecule has 7 nitrogen and oxygen atoms in total. The van der Waals surface area contributed by atoms with Gasteiger partial charge in [-0.1, -0.05) is 6.58 Å². The van der Waals surface area contributed by atoms with Crippen molar-refractivity contribution in [3.05, 3.63) is 12.2 Å². The Bertz CT molecular complexity index is 483. The molecule has 0 spiro atoms. The summed E-state index contributed by atoms with van der Waals surface area (Å²) in [6, 6.07) is 0. The van der Waals surface area contributed by atoms with Gasteiger partial charge in [0.25, 0.3) is 0 Å². The van der Waals surface area contributed by atoms with Crippen LogP contribution in [-0.4, -0.2) is 42.9 Å². The van der Waals surface area contributed by atoms with Gasteiger partial charge in [-0.25, -0.2) is 18.0 Å². The van der Waals surface area contributed by atoms with E-state index in [-0.39, 0.29) is 5.57 Å². The van der Waals surface area contributed by atoms with Gasteiger partial charge in [-0.15, -0.1) is 0 Å². The van der Waals surface area contributed by atoms with Gasteiger partial charge in [-0.3, -0.25) is 0 Å². The van der Waals surface area contributed by atoms with E-state index in [1.807, 2.05) is 0 Å². The summed E-state index contributed by atoms with van der Waals surface area (Å²) in [5.41, 5.74) is -0.0351. The van der Waals surface area contributed by atoms with Gasteiger partial charge in [0.1, 0.15) is 0 Å². The lowest BCUT2D eigenvalue weighted by Gasteiger charge is -2.20. The molecule has 0 heterocycles. The fourth-order valence-electron chi connectivity index (χ4n) is 0.654. The molecule has 0 aromatic heterocycles. The standard InChI is InChI=1S/C9H12F2O7S/c1-5(2)7(12)18-6(3)8(13)17-4-9(10,11)19(14,15)16/h6H,1,4H2,2-3H3,(H,14,15,16)/p-1. The summed E-state index contributed by atoms with van der Waals surface area (Å²) >= 11 is 0. The molecule has 10 heteroatoms. The molecule has 0 rings (SSSR count). The van der Waals surface area contributed by atoms with Crippen molar-refractivity contribution in [2.75, 3.05) is 6.61 Å². The van der Waals surface area contributed by atoms with E-state index in [1.54, 1.807) is 0 Å².